The highest BCUT2D eigenvalue weighted by Crippen LogP contribution is 2.19. The van der Waals surface area contributed by atoms with Gasteiger partial charge in [0, 0.05) is 12.1 Å². The van der Waals surface area contributed by atoms with Gasteiger partial charge < -0.3 is 5.73 Å². The van der Waals surface area contributed by atoms with E-state index in [4.69, 9.17) is 5.73 Å². The molecule has 0 spiro atoms. The van der Waals surface area contributed by atoms with Crippen LogP contribution < -0.4 is 5.73 Å². The molecule has 0 bridgehead atoms. The second kappa shape index (κ2) is 8.08. The van der Waals surface area contributed by atoms with Crippen LogP contribution in [0.3, 0.4) is 0 Å². The van der Waals surface area contributed by atoms with Crippen LogP contribution in [0.4, 0.5) is 0 Å². The molecule has 1 heterocycles. The number of hydrogen-bond donors (Lipinski definition) is 1. The molecule has 16 heavy (non-hydrogen) atoms. The van der Waals surface area contributed by atoms with Crippen LogP contribution in [-0.2, 0) is 0 Å². The molecule has 0 aromatic rings. The van der Waals surface area contributed by atoms with Crippen molar-refractivity contribution in [3.05, 3.63) is 0 Å². The van der Waals surface area contributed by atoms with Gasteiger partial charge in [-0.1, -0.05) is 39.0 Å². The van der Waals surface area contributed by atoms with Crippen LogP contribution in [0, 0.1) is 0 Å². The summed E-state index contributed by atoms with van der Waals surface area (Å²) in [7, 11) is 0. The molecule has 1 aliphatic rings. The van der Waals surface area contributed by atoms with E-state index in [0.29, 0.717) is 12.1 Å². The fourth-order valence-corrected chi connectivity index (χ4v) is 2.81. The lowest BCUT2D eigenvalue weighted by molar-refractivity contribution is 0.128. The lowest BCUT2D eigenvalue weighted by Crippen LogP contribution is -2.49. The van der Waals surface area contributed by atoms with E-state index in [-0.39, 0.29) is 0 Å². The predicted octanol–water partition coefficient (Wildman–Crippen LogP) is 3.16. The van der Waals surface area contributed by atoms with Crippen LogP contribution in [0.15, 0.2) is 0 Å². The van der Waals surface area contributed by atoms with Gasteiger partial charge >= 0.3 is 0 Å². The topological polar surface area (TPSA) is 29.3 Å². The molecule has 0 amide bonds. The molecule has 1 saturated heterocycles. The highest BCUT2D eigenvalue weighted by molar-refractivity contribution is 4.82. The van der Waals surface area contributed by atoms with Gasteiger partial charge in [0.2, 0.25) is 0 Å². The van der Waals surface area contributed by atoms with E-state index in [0.717, 1.165) is 0 Å². The Bertz CT molecular complexity index is 168. The first-order chi connectivity index (χ1) is 7.75. The highest BCUT2D eigenvalue weighted by Gasteiger charge is 2.24. The summed E-state index contributed by atoms with van der Waals surface area (Å²) in [5.41, 5.74) is 6.07. The zero-order chi connectivity index (χ0) is 11.8. The number of piperidine rings is 1. The van der Waals surface area contributed by atoms with Crippen molar-refractivity contribution >= 4 is 0 Å². The van der Waals surface area contributed by atoms with E-state index in [9.17, 15) is 0 Å². The van der Waals surface area contributed by atoms with Crippen LogP contribution in [0.25, 0.3) is 0 Å². The molecule has 0 aromatic heterocycles. The predicted molar refractivity (Wildman–Crippen MR) is 71.6 cm³/mol. The Morgan fingerprint density at radius 1 is 1.19 bits per heavy atom. The van der Waals surface area contributed by atoms with Gasteiger partial charge in [0.1, 0.15) is 0 Å². The fourth-order valence-electron chi connectivity index (χ4n) is 2.81. The van der Waals surface area contributed by atoms with Gasteiger partial charge in [0.15, 0.2) is 0 Å². The Kier molecular flexibility index (Phi) is 7.06. The van der Waals surface area contributed by atoms with E-state index >= 15 is 0 Å². The maximum atomic E-state index is 6.07. The van der Waals surface area contributed by atoms with Crippen molar-refractivity contribution < 1.29 is 0 Å². The summed E-state index contributed by atoms with van der Waals surface area (Å²) in [6.07, 6.45) is 11.0. The number of unbranched alkanes of at least 4 members (excludes halogenated alkanes) is 4. The number of likely N-dealkylation sites (tertiary alicyclic amines) is 1. The van der Waals surface area contributed by atoms with Crippen LogP contribution in [0.5, 0.6) is 0 Å². The van der Waals surface area contributed by atoms with Gasteiger partial charge in [-0.2, -0.15) is 0 Å². The lowest BCUT2D eigenvalue weighted by Gasteiger charge is -2.38. The van der Waals surface area contributed by atoms with Gasteiger partial charge in [-0.3, -0.25) is 4.90 Å². The summed E-state index contributed by atoms with van der Waals surface area (Å²) in [6, 6.07) is 0.996. The van der Waals surface area contributed by atoms with Crippen molar-refractivity contribution in [2.75, 3.05) is 13.1 Å². The van der Waals surface area contributed by atoms with Gasteiger partial charge in [-0.25, -0.2) is 0 Å². The SMILES string of the molecule is CCCCCCCN1CCCCC1C(C)N. The Labute approximate surface area is 102 Å². The first-order valence-electron chi connectivity index (χ1n) is 7.25. The number of nitrogens with two attached hydrogens (primary N) is 1. The molecule has 2 nitrogen and oxygen atoms in total. The second-order valence-corrected chi connectivity index (χ2v) is 5.37. The summed E-state index contributed by atoms with van der Waals surface area (Å²) < 4.78 is 0. The van der Waals surface area contributed by atoms with Crippen molar-refractivity contribution in [3.8, 4) is 0 Å². The standard InChI is InChI=1S/C14H30N2/c1-3-4-5-6-8-11-16-12-9-7-10-14(16)13(2)15/h13-14H,3-12,15H2,1-2H3. The third-order valence-electron chi connectivity index (χ3n) is 3.82. The van der Waals surface area contributed by atoms with E-state index < -0.39 is 0 Å². The maximum Gasteiger partial charge on any atom is 0.0244 e. The van der Waals surface area contributed by atoms with Crippen LogP contribution in [0.1, 0.15) is 65.2 Å². The van der Waals surface area contributed by atoms with Crippen molar-refractivity contribution in [1.29, 1.82) is 0 Å². The Hall–Kier alpha value is -0.0800. The molecule has 96 valence electrons. The van der Waals surface area contributed by atoms with Crippen molar-refractivity contribution in [2.45, 2.75) is 77.3 Å². The van der Waals surface area contributed by atoms with Gasteiger partial charge in [-0.05, 0) is 39.3 Å². The van der Waals surface area contributed by atoms with E-state index in [1.54, 1.807) is 0 Å². The summed E-state index contributed by atoms with van der Waals surface area (Å²) in [6.45, 7) is 6.99. The molecular weight excluding hydrogens is 196 g/mol. The first kappa shape index (κ1) is 14.0. The number of hydrogen-bond acceptors (Lipinski definition) is 2. The zero-order valence-electron chi connectivity index (χ0n) is 11.3. The molecule has 2 unspecified atom stereocenters. The Morgan fingerprint density at radius 2 is 1.94 bits per heavy atom. The monoisotopic (exact) mass is 226 g/mol. The third-order valence-corrected chi connectivity index (χ3v) is 3.82. The van der Waals surface area contributed by atoms with Crippen LogP contribution in [0.2, 0.25) is 0 Å². The number of nitrogens with zero attached hydrogens (tertiary/aromatic N) is 1. The lowest BCUT2D eigenvalue weighted by atomic mass is 9.96. The normalized spacial score (nSPS) is 24.6. The molecule has 0 aromatic carbocycles. The van der Waals surface area contributed by atoms with E-state index in [1.165, 1.54) is 64.5 Å². The van der Waals surface area contributed by atoms with E-state index in [1.807, 2.05) is 0 Å². The molecule has 1 aliphatic heterocycles. The van der Waals surface area contributed by atoms with Crippen molar-refractivity contribution in [1.82, 2.24) is 4.90 Å². The minimum absolute atomic E-state index is 0.343. The average Bonchev–Trinajstić information content (AvgIpc) is 2.29. The summed E-state index contributed by atoms with van der Waals surface area (Å²) in [4.78, 5) is 2.64. The zero-order valence-corrected chi connectivity index (χ0v) is 11.3. The highest BCUT2D eigenvalue weighted by atomic mass is 15.2. The maximum absolute atomic E-state index is 6.07. The summed E-state index contributed by atoms with van der Waals surface area (Å²) >= 11 is 0. The van der Waals surface area contributed by atoms with Crippen LogP contribution >= 0.6 is 0 Å². The molecular formula is C14H30N2. The molecule has 2 atom stereocenters. The average molecular weight is 226 g/mol. The van der Waals surface area contributed by atoms with E-state index in [2.05, 4.69) is 18.7 Å². The first-order valence-corrected chi connectivity index (χ1v) is 7.25. The van der Waals surface area contributed by atoms with Gasteiger partial charge in [0.05, 0.1) is 0 Å². The minimum Gasteiger partial charge on any atom is -0.327 e. The Morgan fingerprint density at radius 3 is 2.62 bits per heavy atom. The smallest absolute Gasteiger partial charge is 0.0244 e. The van der Waals surface area contributed by atoms with Gasteiger partial charge in [-0.15, -0.1) is 0 Å². The quantitative estimate of drug-likeness (QED) is 0.676. The molecule has 2 N–H and O–H groups in total. The molecule has 1 rings (SSSR count). The second-order valence-electron chi connectivity index (χ2n) is 5.37. The molecule has 2 heteroatoms. The molecule has 0 saturated carbocycles. The Balaban J connectivity index is 2.17. The van der Waals surface area contributed by atoms with Crippen LogP contribution in [-0.4, -0.2) is 30.1 Å². The molecule has 0 radical (unpaired) electrons. The summed E-state index contributed by atoms with van der Waals surface area (Å²) in [5.74, 6) is 0. The third kappa shape index (κ3) is 4.84. The fraction of sp³-hybridized carbons (Fsp3) is 1.00. The van der Waals surface area contributed by atoms with Crippen molar-refractivity contribution in [3.63, 3.8) is 0 Å². The molecule has 1 fully saturated rings. The largest absolute Gasteiger partial charge is 0.327 e. The van der Waals surface area contributed by atoms with Gasteiger partial charge in [0.25, 0.3) is 0 Å². The molecule has 0 aliphatic carbocycles. The summed E-state index contributed by atoms with van der Waals surface area (Å²) in [5, 5.41) is 0. The minimum atomic E-state index is 0.343. The number of rotatable bonds is 7. The van der Waals surface area contributed by atoms with Crippen molar-refractivity contribution in [2.24, 2.45) is 5.73 Å².